The predicted octanol–water partition coefficient (Wildman–Crippen LogP) is 1.35. The van der Waals surface area contributed by atoms with Gasteiger partial charge in [0.2, 0.25) is 0 Å². The molecular formula is C11H18N2O. The second-order valence-corrected chi connectivity index (χ2v) is 3.41. The Balaban J connectivity index is 2.88. The lowest BCUT2D eigenvalue weighted by Gasteiger charge is -2.14. The molecule has 14 heavy (non-hydrogen) atoms. The van der Waals surface area contributed by atoms with E-state index in [-0.39, 0.29) is 6.04 Å². The van der Waals surface area contributed by atoms with Gasteiger partial charge in [-0.15, -0.1) is 0 Å². The second kappa shape index (κ2) is 4.98. The minimum absolute atomic E-state index is 0.0332. The van der Waals surface area contributed by atoms with E-state index in [4.69, 9.17) is 16.2 Å². The van der Waals surface area contributed by atoms with Gasteiger partial charge >= 0.3 is 0 Å². The van der Waals surface area contributed by atoms with Gasteiger partial charge in [0.1, 0.15) is 5.75 Å². The zero-order valence-corrected chi connectivity index (χ0v) is 8.79. The van der Waals surface area contributed by atoms with Crippen molar-refractivity contribution in [2.24, 2.45) is 11.5 Å². The minimum atomic E-state index is 0.0332. The number of methoxy groups -OCH3 is 1. The largest absolute Gasteiger partial charge is 0.497 e. The van der Waals surface area contributed by atoms with Crippen LogP contribution in [0.1, 0.15) is 23.6 Å². The highest BCUT2D eigenvalue weighted by atomic mass is 16.5. The van der Waals surface area contributed by atoms with Gasteiger partial charge < -0.3 is 16.2 Å². The molecule has 0 aliphatic heterocycles. The molecule has 0 unspecified atom stereocenters. The molecule has 0 amide bonds. The summed E-state index contributed by atoms with van der Waals surface area (Å²) in [6.07, 6.45) is 0.813. The van der Waals surface area contributed by atoms with Gasteiger partial charge in [0.25, 0.3) is 0 Å². The molecule has 0 saturated carbocycles. The molecule has 3 nitrogen and oxygen atoms in total. The maximum Gasteiger partial charge on any atom is 0.119 e. The fraction of sp³-hybridized carbons (Fsp3) is 0.455. The number of hydrogen-bond donors (Lipinski definition) is 2. The number of ether oxygens (including phenoxy) is 1. The lowest BCUT2D eigenvalue weighted by Crippen LogP contribution is -2.16. The molecule has 1 atom stereocenters. The Morgan fingerprint density at radius 2 is 2.14 bits per heavy atom. The molecule has 1 rings (SSSR count). The van der Waals surface area contributed by atoms with Crippen molar-refractivity contribution < 1.29 is 4.74 Å². The highest BCUT2D eigenvalue weighted by molar-refractivity contribution is 5.36. The molecule has 0 saturated heterocycles. The third kappa shape index (κ3) is 2.47. The normalized spacial score (nSPS) is 12.6. The number of rotatable bonds is 4. The van der Waals surface area contributed by atoms with Crippen LogP contribution in [0.3, 0.4) is 0 Å². The molecule has 0 aliphatic rings. The monoisotopic (exact) mass is 194 g/mol. The molecule has 1 aromatic rings. The van der Waals surface area contributed by atoms with Crippen LogP contribution >= 0.6 is 0 Å². The van der Waals surface area contributed by atoms with Gasteiger partial charge in [0.05, 0.1) is 7.11 Å². The third-order valence-corrected chi connectivity index (χ3v) is 2.35. The van der Waals surface area contributed by atoms with Crippen LogP contribution in [0.25, 0.3) is 0 Å². The van der Waals surface area contributed by atoms with E-state index in [0.29, 0.717) is 6.54 Å². The summed E-state index contributed by atoms with van der Waals surface area (Å²) in [4.78, 5) is 0. The van der Waals surface area contributed by atoms with Crippen molar-refractivity contribution in [2.45, 2.75) is 19.4 Å². The van der Waals surface area contributed by atoms with E-state index < -0.39 is 0 Å². The Morgan fingerprint density at radius 3 is 2.64 bits per heavy atom. The smallest absolute Gasteiger partial charge is 0.119 e. The van der Waals surface area contributed by atoms with Gasteiger partial charge in [-0.25, -0.2) is 0 Å². The first-order valence-electron chi connectivity index (χ1n) is 4.79. The molecule has 0 spiro atoms. The zero-order chi connectivity index (χ0) is 10.6. The Kier molecular flexibility index (Phi) is 3.92. The Hall–Kier alpha value is -1.06. The summed E-state index contributed by atoms with van der Waals surface area (Å²) >= 11 is 0. The number of hydrogen-bond acceptors (Lipinski definition) is 3. The Bertz CT molecular complexity index is 299. The van der Waals surface area contributed by atoms with Crippen LogP contribution in [-0.4, -0.2) is 13.7 Å². The molecule has 0 bridgehead atoms. The second-order valence-electron chi connectivity index (χ2n) is 3.41. The molecule has 0 fully saturated rings. The van der Waals surface area contributed by atoms with Gasteiger partial charge in [-0.1, -0.05) is 6.07 Å². The van der Waals surface area contributed by atoms with Gasteiger partial charge in [0, 0.05) is 6.04 Å². The van der Waals surface area contributed by atoms with E-state index >= 15 is 0 Å². The maximum absolute atomic E-state index is 5.98. The zero-order valence-electron chi connectivity index (χ0n) is 8.79. The first kappa shape index (κ1) is 11.0. The van der Waals surface area contributed by atoms with Gasteiger partial charge in [0.15, 0.2) is 0 Å². The van der Waals surface area contributed by atoms with Gasteiger partial charge in [-0.2, -0.15) is 0 Å². The van der Waals surface area contributed by atoms with Crippen LogP contribution < -0.4 is 16.2 Å². The molecule has 0 radical (unpaired) electrons. The lowest BCUT2D eigenvalue weighted by molar-refractivity contribution is 0.414. The van der Waals surface area contributed by atoms with E-state index in [1.807, 2.05) is 25.1 Å². The van der Waals surface area contributed by atoms with E-state index in [9.17, 15) is 0 Å². The number of benzene rings is 1. The average Bonchev–Trinajstić information content (AvgIpc) is 2.17. The average molecular weight is 194 g/mol. The van der Waals surface area contributed by atoms with Crippen LogP contribution in [0.5, 0.6) is 5.75 Å². The third-order valence-electron chi connectivity index (χ3n) is 2.35. The first-order valence-corrected chi connectivity index (χ1v) is 4.79. The number of nitrogens with two attached hydrogens (primary N) is 2. The van der Waals surface area contributed by atoms with Crippen LogP contribution in [-0.2, 0) is 0 Å². The fourth-order valence-electron chi connectivity index (χ4n) is 1.53. The minimum Gasteiger partial charge on any atom is -0.497 e. The highest BCUT2D eigenvalue weighted by Crippen LogP contribution is 2.22. The van der Waals surface area contributed by atoms with Crippen molar-refractivity contribution in [3.63, 3.8) is 0 Å². The first-order chi connectivity index (χ1) is 6.69. The number of aryl methyl sites for hydroxylation is 1. The van der Waals surface area contributed by atoms with Crippen molar-refractivity contribution in [2.75, 3.05) is 13.7 Å². The van der Waals surface area contributed by atoms with Crippen molar-refractivity contribution in [3.05, 3.63) is 29.3 Å². The van der Waals surface area contributed by atoms with Crippen molar-refractivity contribution in [3.8, 4) is 5.75 Å². The summed E-state index contributed by atoms with van der Waals surface area (Å²) in [5.41, 5.74) is 13.8. The molecule has 0 heterocycles. The molecule has 0 aliphatic carbocycles. The van der Waals surface area contributed by atoms with E-state index in [1.165, 1.54) is 0 Å². The molecular weight excluding hydrogens is 176 g/mol. The highest BCUT2D eigenvalue weighted by Gasteiger charge is 2.08. The van der Waals surface area contributed by atoms with Crippen molar-refractivity contribution >= 4 is 0 Å². The van der Waals surface area contributed by atoms with Crippen LogP contribution in [0, 0.1) is 6.92 Å². The topological polar surface area (TPSA) is 61.3 Å². The summed E-state index contributed by atoms with van der Waals surface area (Å²) in [5.74, 6) is 0.867. The van der Waals surface area contributed by atoms with Crippen molar-refractivity contribution in [1.29, 1.82) is 0 Å². The van der Waals surface area contributed by atoms with Gasteiger partial charge in [-0.05, 0) is 43.1 Å². The Labute approximate surface area is 85.0 Å². The van der Waals surface area contributed by atoms with Crippen LogP contribution in [0.2, 0.25) is 0 Å². The van der Waals surface area contributed by atoms with Crippen molar-refractivity contribution in [1.82, 2.24) is 0 Å². The quantitative estimate of drug-likeness (QED) is 0.760. The lowest BCUT2D eigenvalue weighted by atomic mass is 9.99. The summed E-state index contributed by atoms with van der Waals surface area (Å²) in [7, 11) is 1.66. The molecule has 1 aromatic carbocycles. The van der Waals surface area contributed by atoms with E-state index in [1.54, 1.807) is 7.11 Å². The van der Waals surface area contributed by atoms with Crippen LogP contribution in [0.15, 0.2) is 18.2 Å². The summed E-state index contributed by atoms with van der Waals surface area (Å²) in [6.45, 7) is 2.65. The summed E-state index contributed by atoms with van der Waals surface area (Å²) < 4.78 is 5.12. The van der Waals surface area contributed by atoms with Gasteiger partial charge in [-0.3, -0.25) is 0 Å². The fourth-order valence-corrected chi connectivity index (χ4v) is 1.53. The van der Waals surface area contributed by atoms with E-state index in [0.717, 1.165) is 23.3 Å². The molecule has 3 heteroatoms. The standard InChI is InChI=1S/C11H18N2O/c1-8-7-9(14-2)3-4-10(8)11(13)5-6-12/h3-4,7,11H,5-6,12-13H2,1-2H3/t11-/m0/s1. The molecule has 4 N–H and O–H groups in total. The SMILES string of the molecule is COc1ccc([C@@H](N)CCN)c(C)c1. The Morgan fingerprint density at radius 1 is 1.43 bits per heavy atom. The molecule has 78 valence electrons. The predicted molar refractivity (Wildman–Crippen MR) is 58.3 cm³/mol. The molecule has 0 aromatic heterocycles. The maximum atomic E-state index is 5.98. The van der Waals surface area contributed by atoms with E-state index in [2.05, 4.69) is 0 Å². The van der Waals surface area contributed by atoms with Crippen LogP contribution in [0.4, 0.5) is 0 Å². The summed E-state index contributed by atoms with van der Waals surface area (Å²) in [5, 5.41) is 0. The summed E-state index contributed by atoms with van der Waals surface area (Å²) in [6, 6.07) is 5.96.